The van der Waals surface area contributed by atoms with Gasteiger partial charge in [-0.25, -0.2) is 4.79 Å². The van der Waals surface area contributed by atoms with Crippen LogP contribution in [0, 0.1) is 0 Å². The normalized spacial score (nSPS) is 26.1. The maximum atomic E-state index is 12.2. The first-order valence-corrected chi connectivity index (χ1v) is 8.79. The maximum Gasteiger partial charge on any atom is 0.410 e. The molecule has 134 valence electrons. The first-order chi connectivity index (χ1) is 10.7. The van der Waals surface area contributed by atoms with E-state index in [4.69, 9.17) is 9.47 Å². The van der Waals surface area contributed by atoms with E-state index in [0.717, 1.165) is 13.1 Å². The Morgan fingerprint density at radius 2 is 1.91 bits per heavy atom. The Balaban J connectivity index is 1.81. The van der Waals surface area contributed by atoms with E-state index in [0.29, 0.717) is 25.7 Å². The van der Waals surface area contributed by atoms with Crippen LogP contribution in [0.25, 0.3) is 0 Å². The standard InChI is InChI=1S/C17H33N3O3/c1-13(18-14-6-8-19(5)9-7-14)15-12-20(10-11-22-15)16(21)23-17(2,3)4/h13-15,18H,6-12H2,1-5H3. The highest BCUT2D eigenvalue weighted by Gasteiger charge is 2.31. The van der Waals surface area contributed by atoms with Gasteiger partial charge in [-0.2, -0.15) is 0 Å². The van der Waals surface area contributed by atoms with Crippen molar-refractivity contribution in [1.29, 1.82) is 0 Å². The SMILES string of the molecule is CC(NC1CCN(C)CC1)C1CN(C(=O)OC(C)(C)C)CCO1. The van der Waals surface area contributed by atoms with Crippen molar-refractivity contribution in [2.45, 2.75) is 64.3 Å². The molecule has 6 nitrogen and oxygen atoms in total. The number of hydrogen-bond acceptors (Lipinski definition) is 5. The molecule has 2 aliphatic heterocycles. The molecule has 2 rings (SSSR count). The molecule has 1 amide bonds. The lowest BCUT2D eigenvalue weighted by Crippen LogP contribution is -2.56. The van der Waals surface area contributed by atoms with Gasteiger partial charge in [0.15, 0.2) is 0 Å². The van der Waals surface area contributed by atoms with E-state index >= 15 is 0 Å². The van der Waals surface area contributed by atoms with E-state index in [1.807, 2.05) is 20.8 Å². The lowest BCUT2D eigenvalue weighted by molar-refractivity contribution is -0.0543. The maximum absolute atomic E-state index is 12.2. The second kappa shape index (κ2) is 7.81. The molecular formula is C17H33N3O3. The summed E-state index contributed by atoms with van der Waals surface area (Å²) in [7, 11) is 2.17. The number of likely N-dealkylation sites (tertiary alicyclic amines) is 1. The van der Waals surface area contributed by atoms with Crippen molar-refractivity contribution in [2.24, 2.45) is 0 Å². The van der Waals surface area contributed by atoms with Crippen LogP contribution in [0.3, 0.4) is 0 Å². The molecule has 0 saturated carbocycles. The molecule has 0 radical (unpaired) electrons. The lowest BCUT2D eigenvalue weighted by atomic mass is 10.0. The van der Waals surface area contributed by atoms with Crippen molar-refractivity contribution >= 4 is 6.09 Å². The number of hydrogen-bond donors (Lipinski definition) is 1. The van der Waals surface area contributed by atoms with Gasteiger partial charge in [0, 0.05) is 18.6 Å². The van der Waals surface area contributed by atoms with Gasteiger partial charge in [0.05, 0.1) is 19.3 Å². The highest BCUT2D eigenvalue weighted by molar-refractivity contribution is 5.68. The fraction of sp³-hybridized carbons (Fsp3) is 0.941. The third-order valence-electron chi connectivity index (χ3n) is 4.52. The van der Waals surface area contributed by atoms with Gasteiger partial charge in [0.1, 0.15) is 5.60 Å². The summed E-state index contributed by atoms with van der Waals surface area (Å²) in [6, 6.07) is 0.773. The van der Waals surface area contributed by atoms with E-state index in [2.05, 4.69) is 24.2 Å². The number of nitrogens with one attached hydrogen (secondary N) is 1. The van der Waals surface area contributed by atoms with Gasteiger partial charge in [-0.3, -0.25) is 0 Å². The van der Waals surface area contributed by atoms with E-state index in [-0.39, 0.29) is 18.2 Å². The minimum absolute atomic E-state index is 0.0240. The van der Waals surface area contributed by atoms with Gasteiger partial charge in [-0.15, -0.1) is 0 Å². The molecule has 23 heavy (non-hydrogen) atoms. The summed E-state index contributed by atoms with van der Waals surface area (Å²) >= 11 is 0. The molecule has 6 heteroatoms. The summed E-state index contributed by atoms with van der Waals surface area (Å²) in [4.78, 5) is 16.4. The average molecular weight is 327 g/mol. The third kappa shape index (κ3) is 5.94. The van der Waals surface area contributed by atoms with Crippen LogP contribution in [0.5, 0.6) is 0 Å². The summed E-state index contributed by atoms with van der Waals surface area (Å²) in [6.45, 7) is 11.9. The molecular weight excluding hydrogens is 294 g/mol. The third-order valence-corrected chi connectivity index (χ3v) is 4.52. The van der Waals surface area contributed by atoms with Crippen molar-refractivity contribution in [3.05, 3.63) is 0 Å². The van der Waals surface area contributed by atoms with Crippen molar-refractivity contribution in [1.82, 2.24) is 15.1 Å². The highest BCUT2D eigenvalue weighted by Crippen LogP contribution is 2.16. The van der Waals surface area contributed by atoms with E-state index in [1.54, 1.807) is 4.90 Å². The fourth-order valence-corrected chi connectivity index (χ4v) is 3.12. The van der Waals surface area contributed by atoms with Crippen LogP contribution < -0.4 is 5.32 Å². The molecule has 2 atom stereocenters. The Morgan fingerprint density at radius 3 is 2.52 bits per heavy atom. The summed E-state index contributed by atoms with van der Waals surface area (Å²) in [5, 5.41) is 3.69. The highest BCUT2D eigenvalue weighted by atomic mass is 16.6. The van der Waals surface area contributed by atoms with Crippen LogP contribution in [0.4, 0.5) is 4.79 Å². The van der Waals surface area contributed by atoms with Crippen LogP contribution in [0.2, 0.25) is 0 Å². The molecule has 2 unspecified atom stereocenters. The predicted molar refractivity (Wildman–Crippen MR) is 90.7 cm³/mol. The molecule has 2 heterocycles. The molecule has 0 aromatic rings. The first-order valence-electron chi connectivity index (χ1n) is 8.79. The van der Waals surface area contributed by atoms with Crippen molar-refractivity contribution in [3.63, 3.8) is 0 Å². The largest absolute Gasteiger partial charge is 0.444 e. The Labute approximate surface area is 140 Å². The topological polar surface area (TPSA) is 54.0 Å². The number of nitrogens with zero attached hydrogens (tertiary/aromatic N) is 2. The summed E-state index contributed by atoms with van der Waals surface area (Å²) in [5.74, 6) is 0. The van der Waals surface area contributed by atoms with Gasteiger partial charge in [-0.05, 0) is 60.7 Å². The van der Waals surface area contributed by atoms with E-state index in [9.17, 15) is 4.79 Å². The number of morpholine rings is 1. The molecule has 0 aromatic carbocycles. The van der Waals surface area contributed by atoms with Crippen LogP contribution in [-0.4, -0.2) is 79.5 Å². The Kier molecular flexibility index (Phi) is 6.28. The van der Waals surface area contributed by atoms with Crippen LogP contribution >= 0.6 is 0 Å². The molecule has 2 saturated heterocycles. The number of carbonyl (C=O) groups is 1. The van der Waals surface area contributed by atoms with Crippen molar-refractivity contribution in [3.8, 4) is 0 Å². The number of ether oxygens (including phenoxy) is 2. The van der Waals surface area contributed by atoms with Crippen LogP contribution in [0.15, 0.2) is 0 Å². The summed E-state index contributed by atoms with van der Waals surface area (Å²) in [6.07, 6.45) is 2.13. The number of carbonyl (C=O) groups excluding carboxylic acids is 1. The second-order valence-electron chi connectivity index (χ2n) is 7.87. The molecule has 0 aromatic heterocycles. The molecule has 0 spiro atoms. The van der Waals surface area contributed by atoms with E-state index < -0.39 is 5.60 Å². The Hall–Kier alpha value is -0.850. The molecule has 0 aliphatic carbocycles. The zero-order valence-corrected chi connectivity index (χ0v) is 15.3. The summed E-state index contributed by atoms with van der Waals surface area (Å²) < 4.78 is 11.4. The quantitative estimate of drug-likeness (QED) is 0.855. The monoisotopic (exact) mass is 327 g/mol. The Bertz CT molecular complexity index is 389. The fourth-order valence-electron chi connectivity index (χ4n) is 3.12. The van der Waals surface area contributed by atoms with Gasteiger partial charge in [0.2, 0.25) is 0 Å². The number of amides is 1. The minimum atomic E-state index is -0.455. The lowest BCUT2D eigenvalue weighted by Gasteiger charge is -2.39. The second-order valence-corrected chi connectivity index (χ2v) is 7.87. The smallest absolute Gasteiger partial charge is 0.410 e. The molecule has 0 bridgehead atoms. The van der Waals surface area contributed by atoms with E-state index in [1.165, 1.54) is 12.8 Å². The molecule has 2 aliphatic rings. The average Bonchev–Trinajstić information content (AvgIpc) is 2.48. The molecule has 1 N–H and O–H groups in total. The van der Waals surface area contributed by atoms with Gasteiger partial charge >= 0.3 is 6.09 Å². The van der Waals surface area contributed by atoms with Gasteiger partial charge in [0.25, 0.3) is 0 Å². The van der Waals surface area contributed by atoms with Gasteiger partial charge < -0.3 is 24.6 Å². The van der Waals surface area contributed by atoms with Gasteiger partial charge in [-0.1, -0.05) is 0 Å². The predicted octanol–water partition coefficient (Wildman–Crippen LogP) is 1.69. The van der Waals surface area contributed by atoms with Crippen LogP contribution in [-0.2, 0) is 9.47 Å². The van der Waals surface area contributed by atoms with Crippen molar-refractivity contribution < 1.29 is 14.3 Å². The number of piperidine rings is 1. The number of rotatable bonds is 3. The minimum Gasteiger partial charge on any atom is -0.444 e. The zero-order valence-electron chi connectivity index (χ0n) is 15.3. The Morgan fingerprint density at radius 1 is 1.26 bits per heavy atom. The summed E-state index contributed by atoms with van der Waals surface area (Å²) in [5.41, 5.74) is -0.455. The molecule has 2 fully saturated rings. The van der Waals surface area contributed by atoms with Crippen LogP contribution in [0.1, 0.15) is 40.5 Å². The van der Waals surface area contributed by atoms with Crippen molar-refractivity contribution in [2.75, 3.05) is 39.8 Å². The first kappa shape index (κ1) is 18.5. The zero-order chi connectivity index (χ0) is 17.0.